The SMILES string of the molecule is CC1(C)c2cc3c(cc2-c2cc4c5ccccc5c5ccccc5c4cc21)C(C)(C)c1c-3ccc2ccccc12. The fraction of sp³-hybridized carbons (Fsp3) is 0.150. The predicted octanol–water partition coefficient (Wildman–Crippen LogP) is 10.9. The Morgan fingerprint density at radius 1 is 0.350 bits per heavy atom. The van der Waals surface area contributed by atoms with Crippen LogP contribution < -0.4 is 0 Å². The van der Waals surface area contributed by atoms with Crippen LogP contribution in [0.1, 0.15) is 49.9 Å². The monoisotopic (exact) mass is 510 g/mol. The molecule has 0 N–H and O–H groups in total. The number of hydrogen-bond donors (Lipinski definition) is 0. The Hall–Kier alpha value is -4.42. The second-order valence-corrected chi connectivity index (χ2v) is 12.9. The van der Waals surface area contributed by atoms with E-state index in [9.17, 15) is 0 Å². The molecule has 0 fully saturated rings. The highest BCUT2D eigenvalue weighted by Gasteiger charge is 2.42. The van der Waals surface area contributed by atoms with Crippen molar-refractivity contribution < 1.29 is 0 Å². The minimum Gasteiger partial charge on any atom is -0.0616 e. The maximum Gasteiger partial charge on any atom is 0.0165 e. The zero-order valence-electron chi connectivity index (χ0n) is 23.4. The van der Waals surface area contributed by atoms with E-state index in [-0.39, 0.29) is 10.8 Å². The van der Waals surface area contributed by atoms with Gasteiger partial charge >= 0.3 is 0 Å². The average Bonchev–Trinajstić information content (AvgIpc) is 3.34. The molecule has 0 aromatic heterocycles. The van der Waals surface area contributed by atoms with Gasteiger partial charge < -0.3 is 0 Å². The first-order chi connectivity index (χ1) is 19.4. The summed E-state index contributed by atoms with van der Waals surface area (Å²) in [5.41, 5.74) is 11.3. The van der Waals surface area contributed by atoms with Crippen LogP contribution in [0.15, 0.2) is 109 Å². The van der Waals surface area contributed by atoms with Gasteiger partial charge in [-0.25, -0.2) is 0 Å². The first-order valence-corrected chi connectivity index (χ1v) is 14.5. The molecule has 0 aliphatic heterocycles. The number of hydrogen-bond acceptors (Lipinski definition) is 0. The Morgan fingerprint density at radius 3 is 1.45 bits per heavy atom. The van der Waals surface area contributed by atoms with E-state index in [4.69, 9.17) is 0 Å². The third-order valence-corrected chi connectivity index (χ3v) is 10.2. The van der Waals surface area contributed by atoms with Gasteiger partial charge in [-0.05, 0) is 112 Å². The molecule has 9 rings (SSSR count). The first-order valence-electron chi connectivity index (χ1n) is 14.5. The summed E-state index contributed by atoms with van der Waals surface area (Å²) in [7, 11) is 0. The van der Waals surface area contributed by atoms with Gasteiger partial charge in [0.25, 0.3) is 0 Å². The zero-order valence-corrected chi connectivity index (χ0v) is 23.4. The van der Waals surface area contributed by atoms with Crippen LogP contribution in [0, 0.1) is 0 Å². The third-order valence-electron chi connectivity index (χ3n) is 10.2. The fourth-order valence-corrected chi connectivity index (χ4v) is 8.22. The van der Waals surface area contributed by atoms with E-state index >= 15 is 0 Å². The molecule has 0 saturated heterocycles. The summed E-state index contributed by atoms with van der Waals surface area (Å²) in [6.45, 7) is 9.66. The number of rotatable bonds is 0. The second-order valence-electron chi connectivity index (χ2n) is 12.9. The van der Waals surface area contributed by atoms with Crippen molar-refractivity contribution in [2.45, 2.75) is 38.5 Å². The van der Waals surface area contributed by atoms with Gasteiger partial charge in [0.2, 0.25) is 0 Å². The first kappa shape index (κ1) is 22.4. The molecule has 2 aliphatic carbocycles. The zero-order chi connectivity index (χ0) is 27.0. The Kier molecular flexibility index (Phi) is 4.03. The maximum atomic E-state index is 2.54. The molecule has 0 unspecified atom stereocenters. The van der Waals surface area contributed by atoms with Crippen LogP contribution in [-0.4, -0.2) is 0 Å². The number of benzene rings is 7. The molecule has 7 aromatic carbocycles. The fourth-order valence-electron chi connectivity index (χ4n) is 8.22. The molecular weight excluding hydrogens is 480 g/mol. The van der Waals surface area contributed by atoms with Crippen LogP contribution in [0.25, 0.3) is 65.3 Å². The quantitative estimate of drug-likeness (QED) is 0.178. The Morgan fingerprint density at radius 2 is 0.800 bits per heavy atom. The molecule has 0 heteroatoms. The third kappa shape index (κ3) is 2.58. The van der Waals surface area contributed by atoms with Crippen molar-refractivity contribution in [2.24, 2.45) is 0 Å². The molecular formula is C40H30. The summed E-state index contributed by atoms with van der Waals surface area (Å²) < 4.78 is 0. The highest BCUT2D eigenvalue weighted by atomic mass is 14.4. The van der Waals surface area contributed by atoms with Crippen LogP contribution in [0.3, 0.4) is 0 Å². The van der Waals surface area contributed by atoms with Gasteiger partial charge in [0.1, 0.15) is 0 Å². The van der Waals surface area contributed by atoms with Crippen molar-refractivity contribution in [3.05, 3.63) is 131 Å². The van der Waals surface area contributed by atoms with Gasteiger partial charge in [-0.1, -0.05) is 113 Å². The summed E-state index contributed by atoms with van der Waals surface area (Å²) in [5.74, 6) is 0. The minimum atomic E-state index is -0.0790. The van der Waals surface area contributed by atoms with E-state index in [1.54, 1.807) is 0 Å². The van der Waals surface area contributed by atoms with E-state index < -0.39 is 0 Å². The smallest absolute Gasteiger partial charge is 0.0165 e. The summed E-state index contributed by atoms with van der Waals surface area (Å²) in [4.78, 5) is 0. The van der Waals surface area contributed by atoms with E-state index in [1.807, 2.05) is 0 Å². The van der Waals surface area contributed by atoms with Crippen LogP contribution in [0.5, 0.6) is 0 Å². The van der Waals surface area contributed by atoms with Crippen LogP contribution in [0.2, 0.25) is 0 Å². The Balaban J connectivity index is 1.38. The van der Waals surface area contributed by atoms with Gasteiger partial charge in [0.15, 0.2) is 0 Å². The highest BCUT2D eigenvalue weighted by molar-refractivity contribution is 6.26. The largest absolute Gasteiger partial charge is 0.0616 e. The Bertz CT molecular complexity index is 2260. The van der Waals surface area contributed by atoms with Gasteiger partial charge in [0, 0.05) is 10.8 Å². The lowest BCUT2D eigenvalue weighted by molar-refractivity contribution is 0.655. The molecule has 0 saturated carbocycles. The molecule has 0 radical (unpaired) electrons. The Labute approximate surface area is 234 Å². The molecule has 190 valence electrons. The van der Waals surface area contributed by atoms with E-state index in [2.05, 4.69) is 137 Å². The van der Waals surface area contributed by atoms with Crippen molar-refractivity contribution in [3.8, 4) is 22.3 Å². The molecule has 0 spiro atoms. The summed E-state index contributed by atoms with van der Waals surface area (Å²) in [5, 5.41) is 10.8. The van der Waals surface area contributed by atoms with E-state index in [1.165, 1.54) is 87.6 Å². The molecule has 0 bridgehead atoms. The molecule has 0 heterocycles. The van der Waals surface area contributed by atoms with Crippen molar-refractivity contribution in [3.63, 3.8) is 0 Å². The summed E-state index contributed by atoms with van der Waals surface area (Å²) >= 11 is 0. The number of fused-ring (bicyclic) bond motifs is 14. The van der Waals surface area contributed by atoms with Crippen LogP contribution >= 0.6 is 0 Å². The molecule has 2 aliphatic rings. The van der Waals surface area contributed by atoms with Crippen molar-refractivity contribution >= 4 is 43.1 Å². The standard InChI is InChI=1S/C40H30/c1-39(2)35-20-31-28-16-10-8-14-26(28)25-13-7-9-15-27(25)30(31)19-32(35)34-22-37-33(21-36(34)39)29-18-17-23-11-5-6-12-24(23)38(29)40(37,3)4/h5-22H,1-4H3. The predicted molar refractivity (Wildman–Crippen MR) is 172 cm³/mol. The normalized spacial score (nSPS) is 15.9. The van der Waals surface area contributed by atoms with E-state index in [0.29, 0.717) is 0 Å². The van der Waals surface area contributed by atoms with Gasteiger partial charge in [-0.15, -0.1) is 0 Å². The maximum absolute atomic E-state index is 2.54. The average molecular weight is 511 g/mol. The van der Waals surface area contributed by atoms with Crippen LogP contribution in [0.4, 0.5) is 0 Å². The lowest BCUT2D eigenvalue weighted by Gasteiger charge is -2.25. The molecule has 7 aromatic rings. The molecule has 0 atom stereocenters. The van der Waals surface area contributed by atoms with Gasteiger partial charge in [0.05, 0.1) is 0 Å². The minimum absolute atomic E-state index is 0.0623. The van der Waals surface area contributed by atoms with Crippen molar-refractivity contribution in [2.75, 3.05) is 0 Å². The lowest BCUT2D eigenvalue weighted by atomic mass is 9.78. The van der Waals surface area contributed by atoms with Gasteiger partial charge in [-0.3, -0.25) is 0 Å². The molecule has 0 amide bonds. The highest BCUT2D eigenvalue weighted by Crippen LogP contribution is 2.58. The molecule has 40 heavy (non-hydrogen) atoms. The van der Waals surface area contributed by atoms with Crippen LogP contribution in [-0.2, 0) is 10.8 Å². The van der Waals surface area contributed by atoms with Crippen molar-refractivity contribution in [1.29, 1.82) is 0 Å². The van der Waals surface area contributed by atoms with Crippen molar-refractivity contribution in [1.82, 2.24) is 0 Å². The summed E-state index contributed by atoms with van der Waals surface area (Å²) in [6.07, 6.45) is 0. The second kappa shape index (κ2) is 7.20. The molecule has 0 nitrogen and oxygen atoms in total. The van der Waals surface area contributed by atoms with Gasteiger partial charge in [-0.2, -0.15) is 0 Å². The lowest BCUT2D eigenvalue weighted by Crippen LogP contribution is -2.17. The topological polar surface area (TPSA) is 0 Å². The summed E-state index contributed by atoms with van der Waals surface area (Å²) in [6, 6.07) is 41.5. The van der Waals surface area contributed by atoms with E-state index in [0.717, 1.165) is 0 Å².